The Balaban J connectivity index is 0.00000104. The van der Waals surface area contributed by atoms with Gasteiger partial charge in [-0.25, -0.2) is 4.98 Å². The Kier molecular flexibility index (Phi) is 6.40. The van der Waals surface area contributed by atoms with Gasteiger partial charge in [0.2, 0.25) is 5.91 Å². The van der Waals surface area contributed by atoms with E-state index in [1.807, 2.05) is 6.92 Å². The summed E-state index contributed by atoms with van der Waals surface area (Å²) in [5.74, 6) is 0.722. The number of aromatic nitrogens is 1. The lowest BCUT2D eigenvalue weighted by Gasteiger charge is -2.35. The Morgan fingerprint density at radius 3 is 2.50 bits per heavy atom. The second-order valence-corrected chi connectivity index (χ2v) is 7.79. The summed E-state index contributed by atoms with van der Waals surface area (Å²) in [5, 5.41) is 6.61. The van der Waals surface area contributed by atoms with E-state index in [1.54, 1.807) is 11.3 Å². The van der Waals surface area contributed by atoms with Crippen LogP contribution in [0.3, 0.4) is 0 Å². The van der Waals surface area contributed by atoms with Crippen LogP contribution in [0.25, 0.3) is 0 Å². The maximum Gasteiger partial charge on any atom is 0.226 e. The molecule has 0 bridgehead atoms. The number of amides is 1. The topological polar surface area (TPSA) is 48.5 Å². The zero-order chi connectivity index (χ0) is 15.2. The normalized spacial score (nSPS) is 25.0. The summed E-state index contributed by atoms with van der Waals surface area (Å²) >= 11 is 1.71. The fourth-order valence-corrected chi connectivity index (χ4v) is 4.86. The number of piperidine rings is 1. The van der Waals surface area contributed by atoms with E-state index in [-0.39, 0.29) is 24.8 Å². The molecule has 1 aromatic heterocycles. The van der Waals surface area contributed by atoms with Crippen LogP contribution in [0.1, 0.15) is 25.0 Å². The molecule has 4 rings (SSSR count). The zero-order valence-electron chi connectivity index (χ0n) is 14.0. The summed E-state index contributed by atoms with van der Waals surface area (Å²) in [5.41, 5.74) is 1.44. The summed E-state index contributed by atoms with van der Waals surface area (Å²) in [4.78, 5) is 21.7. The highest BCUT2D eigenvalue weighted by Crippen LogP contribution is 2.59. The number of rotatable bonds is 2. The Morgan fingerprint density at radius 2 is 1.92 bits per heavy atom. The Morgan fingerprint density at radius 1 is 1.25 bits per heavy atom. The third-order valence-corrected chi connectivity index (χ3v) is 6.58. The van der Waals surface area contributed by atoms with Crippen LogP contribution in [0.5, 0.6) is 0 Å². The number of halogens is 2. The molecule has 0 radical (unpaired) electrons. The number of aryl methyl sites for hydroxylation is 1. The Hall–Kier alpha value is -0.560. The minimum Gasteiger partial charge on any atom is -0.345 e. The van der Waals surface area contributed by atoms with Crippen molar-refractivity contribution in [3.05, 3.63) is 11.1 Å². The van der Waals surface area contributed by atoms with Gasteiger partial charge < -0.3 is 15.1 Å². The number of thiazole rings is 1. The molecular formula is C16H26Cl2N4OS. The van der Waals surface area contributed by atoms with Crippen molar-refractivity contribution in [2.75, 3.05) is 44.2 Å². The molecule has 2 aliphatic heterocycles. The first-order chi connectivity index (χ1) is 10.7. The van der Waals surface area contributed by atoms with E-state index in [0.717, 1.165) is 56.5 Å². The number of nitrogens with zero attached hydrogens (tertiary/aromatic N) is 3. The molecule has 1 spiro atoms. The molecule has 1 N–H and O–H groups in total. The van der Waals surface area contributed by atoms with Crippen molar-refractivity contribution in [3.63, 3.8) is 0 Å². The van der Waals surface area contributed by atoms with Crippen LogP contribution in [0.4, 0.5) is 5.13 Å². The predicted octanol–water partition coefficient (Wildman–Crippen LogP) is 2.33. The van der Waals surface area contributed by atoms with Gasteiger partial charge in [0, 0.05) is 37.5 Å². The highest BCUT2D eigenvalue weighted by atomic mass is 35.5. The van der Waals surface area contributed by atoms with Crippen molar-refractivity contribution in [1.29, 1.82) is 0 Å². The third kappa shape index (κ3) is 3.66. The molecule has 1 unspecified atom stereocenters. The van der Waals surface area contributed by atoms with E-state index in [0.29, 0.717) is 17.2 Å². The Bertz CT molecular complexity index is 568. The van der Waals surface area contributed by atoms with Gasteiger partial charge in [-0.05, 0) is 44.7 Å². The fraction of sp³-hybridized carbons (Fsp3) is 0.750. The van der Waals surface area contributed by atoms with Crippen LogP contribution in [0.2, 0.25) is 0 Å². The van der Waals surface area contributed by atoms with Crippen LogP contribution >= 0.6 is 36.2 Å². The number of carbonyl (C=O) groups excluding carboxylic acids is 1. The van der Waals surface area contributed by atoms with Crippen LogP contribution in [0.15, 0.2) is 5.38 Å². The second-order valence-electron chi connectivity index (χ2n) is 6.95. The lowest BCUT2D eigenvalue weighted by molar-refractivity contribution is -0.133. The van der Waals surface area contributed by atoms with Crippen molar-refractivity contribution in [1.82, 2.24) is 15.2 Å². The van der Waals surface area contributed by atoms with Gasteiger partial charge in [-0.1, -0.05) is 0 Å². The lowest BCUT2D eigenvalue weighted by atomic mass is 9.91. The van der Waals surface area contributed by atoms with Gasteiger partial charge in [0.05, 0.1) is 5.69 Å². The predicted molar refractivity (Wildman–Crippen MR) is 103 cm³/mol. The van der Waals surface area contributed by atoms with Crippen molar-refractivity contribution >= 4 is 47.2 Å². The van der Waals surface area contributed by atoms with E-state index >= 15 is 0 Å². The third-order valence-electron chi connectivity index (χ3n) is 5.56. The number of hydrogen-bond donors (Lipinski definition) is 1. The average molecular weight is 393 g/mol. The molecular weight excluding hydrogens is 367 g/mol. The lowest BCUT2D eigenvalue weighted by Crippen LogP contribution is -2.49. The van der Waals surface area contributed by atoms with Crippen molar-refractivity contribution in [3.8, 4) is 0 Å². The van der Waals surface area contributed by atoms with Gasteiger partial charge in [0.1, 0.15) is 0 Å². The minimum absolute atomic E-state index is 0. The first kappa shape index (κ1) is 19.8. The molecule has 1 aliphatic carbocycles. The van der Waals surface area contributed by atoms with E-state index in [9.17, 15) is 4.79 Å². The van der Waals surface area contributed by atoms with Crippen molar-refractivity contribution in [2.45, 2.75) is 26.2 Å². The van der Waals surface area contributed by atoms with Gasteiger partial charge in [0.15, 0.2) is 5.13 Å². The standard InChI is InChI=1S/C16H24N4OS.2ClH/c1-12-11-22-15(18-12)20-8-6-19(7-9-20)14(21)13-10-16(13)2-4-17-5-3-16;;/h11,13,17H,2-10H2,1H3;2*1H. The van der Waals surface area contributed by atoms with Gasteiger partial charge in [-0.3, -0.25) is 4.79 Å². The molecule has 5 nitrogen and oxygen atoms in total. The van der Waals surface area contributed by atoms with Gasteiger partial charge >= 0.3 is 0 Å². The summed E-state index contributed by atoms with van der Waals surface area (Å²) in [7, 11) is 0. The highest BCUT2D eigenvalue weighted by Gasteiger charge is 2.58. The first-order valence-electron chi connectivity index (χ1n) is 8.35. The summed E-state index contributed by atoms with van der Waals surface area (Å²) in [6.45, 7) is 7.73. The molecule has 3 heterocycles. The molecule has 1 atom stereocenters. The van der Waals surface area contributed by atoms with Gasteiger partial charge in [0.25, 0.3) is 0 Å². The van der Waals surface area contributed by atoms with Crippen LogP contribution in [0, 0.1) is 18.3 Å². The number of nitrogens with one attached hydrogen (secondary N) is 1. The zero-order valence-corrected chi connectivity index (χ0v) is 16.4. The smallest absolute Gasteiger partial charge is 0.226 e. The maximum atomic E-state index is 12.8. The molecule has 1 aromatic rings. The molecule has 1 saturated carbocycles. The fourth-order valence-electron chi connectivity index (χ4n) is 4.00. The number of piperazine rings is 1. The molecule has 8 heteroatoms. The Labute approximate surface area is 160 Å². The largest absolute Gasteiger partial charge is 0.345 e. The first-order valence-corrected chi connectivity index (χ1v) is 9.22. The summed E-state index contributed by atoms with van der Waals surface area (Å²) in [6, 6.07) is 0. The van der Waals surface area contributed by atoms with Crippen LogP contribution in [-0.4, -0.2) is 55.1 Å². The molecule has 3 fully saturated rings. The van der Waals surface area contributed by atoms with Crippen molar-refractivity contribution in [2.24, 2.45) is 11.3 Å². The van der Waals surface area contributed by atoms with E-state index < -0.39 is 0 Å². The SMILES string of the molecule is Cc1csc(N2CCN(C(=O)C3CC34CCNCC4)CC2)n1.Cl.Cl. The summed E-state index contributed by atoms with van der Waals surface area (Å²) < 4.78 is 0. The van der Waals surface area contributed by atoms with Gasteiger partial charge in [-0.2, -0.15) is 0 Å². The maximum absolute atomic E-state index is 12.8. The van der Waals surface area contributed by atoms with E-state index in [2.05, 4.69) is 25.5 Å². The molecule has 2 saturated heterocycles. The number of anilines is 1. The molecule has 136 valence electrons. The molecule has 1 amide bonds. The molecule has 3 aliphatic rings. The van der Waals surface area contributed by atoms with E-state index in [4.69, 9.17) is 0 Å². The van der Waals surface area contributed by atoms with Crippen LogP contribution in [-0.2, 0) is 4.79 Å². The highest BCUT2D eigenvalue weighted by molar-refractivity contribution is 7.13. The average Bonchev–Trinajstić information content (AvgIpc) is 3.05. The van der Waals surface area contributed by atoms with Crippen LogP contribution < -0.4 is 10.2 Å². The second kappa shape index (κ2) is 7.77. The molecule has 24 heavy (non-hydrogen) atoms. The van der Waals surface area contributed by atoms with Crippen molar-refractivity contribution < 1.29 is 4.79 Å². The van der Waals surface area contributed by atoms with Gasteiger partial charge in [-0.15, -0.1) is 36.2 Å². The number of hydrogen-bond acceptors (Lipinski definition) is 5. The number of carbonyl (C=O) groups is 1. The quantitative estimate of drug-likeness (QED) is 0.838. The van der Waals surface area contributed by atoms with E-state index in [1.165, 1.54) is 12.8 Å². The minimum atomic E-state index is 0. The monoisotopic (exact) mass is 392 g/mol. The summed E-state index contributed by atoms with van der Waals surface area (Å²) in [6.07, 6.45) is 3.49. The molecule has 0 aromatic carbocycles.